The number of hydrogen-bond donors (Lipinski definition) is 2. The number of imidazole rings is 1. The van der Waals surface area contributed by atoms with Crippen LogP contribution >= 0.6 is 0 Å². The second-order valence-corrected chi connectivity index (χ2v) is 8.58. The lowest BCUT2D eigenvalue weighted by Crippen LogP contribution is -2.29. The first kappa shape index (κ1) is 22.1. The summed E-state index contributed by atoms with van der Waals surface area (Å²) < 4.78 is 14.4. The van der Waals surface area contributed by atoms with E-state index in [9.17, 15) is 4.79 Å². The molecule has 34 heavy (non-hydrogen) atoms. The van der Waals surface area contributed by atoms with Gasteiger partial charge >= 0.3 is 0 Å². The molecule has 0 amide bonds. The van der Waals surface area contributed by atoms with E-state index >= 15 is 0 Å². The zero-order chi connectivity index (χ0) is 23.5. The Hall–Kier alpha value is -3.75. The third-order valence-electron chi connectivity index (χ3n) is 6.24. The summed E-state index contributed by atoms with van der Waals surface area (Å²) in [5.41, 5.74) is 9.33. The number of aromatic nitrogens is 4. The van der Waals surface area contributed by atoms with Gasteiger partial charge in [-0.25, -0.2) is 4.98 Å². The van der Waals surface area contributed by atoms with Gasteiger partial charge in [0, 0.05) is 5.92 Å². The molecule has 8 heteroatoms. The van der Waals surface area contributed by atoms with Crippen molar-refractivity contribution in [3.05, 3.63) is 101 Å². The summed E-state index contributed by atoms with van der Waals surface area (Å²) >= 11 is 0. The molecule has 2 aromatic carbocycles. The van der Waals surface area contributed by atoms with E-state index in [4.69, 9.17) is 15.2 Å². The summed E-state index contributed by atoms with van der Waals surface area (Å²) in [7, 11) is 0. The van der Waals surface area contributed by atoms with Crippen molar-refractivity contribution in [2.75, 3.05) is 12.3 Å². The molecule has 4 aromatic rings. The van der Waals surface area contributed by atoms with Crippen molar-refractivity contribution in [1.29, 1.82) is 0 Å². The maximum Gasteiger partial charge on any atom is 0.280 e. The Labute approximate surface area is 197 Å². The van der Waals surface area contributed by atoms with Gasteiger partial charge in [0.1, 0.15) is 0 Å². The van der Waals surface area contributed by atoms with Gasteiger partial charge < -0.3 is 19.8 Å². The van der Waals surface area contributed by atoms with Gasteiger partial charge in [-0.05, 0) is 17.5 Å². The Bertz CT molecular complexity index is 1330. The van der Waals surface area contributed by atoms with Gasteiger partial charge in [0.15, 0.2) is 11.2 Å². The third-order valence-corrected chi connectivity index (χ3v) is 6.24. The molecule has 0 bridgehead atoms. The second-order valence-electron chi connectivity index (χ2n) is 8.58. The van der Waals surface area contributed by atoms with Crippen molar-refractivity contribution in [3.8, 4) is 0 Å². The number of nitrogens with two attached hydrogens (primary N) is 1. The van der Waals surface area contributed by atoms with Gasteiger partial charge in [0.2, 0.25) is 5.95 Å². The predicted octanol–water partition coefficient (Wildman–Crippen LogP) is 3.62. The van der Waals surface area contributed by atoms with E-state index in [1.54, 1.807) is 6.33 Å². The minimum atomic E-state index is -0.362. The molecule has 0 unspecified atom stereocenters. The molecule has 0 saturated heterocycles. The molecule has 1 saturated carbocycles. The summed E-state index contributed by atoms with van der Waals surface area (Å²) in [6, 6.07) is 20.0. The van der Waals surface area contributed by atoms with Crippen LogP contribution in [-0.4, -0.2) is 32.2 Å². The van der Waals surface area contributed by atoms with Crippen molar-refractivity contribution in [3.63, 3.8) is 0 Å². The molecule has 0 aliphatic heterocycles. The van der Waals surface area contributed by atoms with Crippen molar-refractivity contribution < 1.29 is 9.47 Å². The number of hydrogen-bond acceptors (Lipinski definition) is 6. The minimum Gasteiger partial charge on any atom is -0.376 e. The molecule has 174 valence electrons. The van der Waals surface area contributed by atoms with Crippen LogP contribution in [0.5, 0.6) is 0 Å². The maximum atomic E-state index is 12.3. The van der Waals surface area contributed by atoms with E-state index in [1.807, 2.05) is 65.2 Å². The fourth-order valence-corrected chi connectivity index (χ4v) is 4.63. The van der Waals surface area contributed by atoms with E-state index in [1.165, 1.54) is 0 Å². The number of ether oxygens (including phenoxy) is 2. The van der Waals surface area contributed by atoms with Crippen molar-refractivity contribution in [2.24, 2.45) is 5.92 Å². The molecule has 1 aliphatic carbocycles. The van der Waals surface area contributed by atoms with Crippen LogP contribution in [0.1, 0.15) is 23.6 Å². The third kappa shape index (κ3) is 4.50. The zero-order valence-electron chi connectivity index (χ0n) is 18.8. The lowest BCUT2D eigenvalue weighted by atomic mass is 10.0. The molecule has 2 aromatic heterocycles. The zero-order valence-corrected chi connectivity index (χ0v) is 18.8. The number of anilines is 1. The minimum absolute atomic E-state index is 0.0420. The van der Waals surface area contributed by atoms with E-state index in [0.29, 0.717) is 31.9 Å². The van der Waals surface area contributed by atoms with Crippen LogP contribution in [0, 0.1) is 5.92 Å². The molecule has 2 heterocycles. The summed E-state index contributed by atoms with van der Waals surface area (Å²) in [6.07, 6.45) is 2.20. The van der Waals surface area contributed by atoms with E-state index in [-0.39, 0.29) is 35.1 Å². The fraction of sp³-hybridized carbons (Fsp3) is 0.269. The van der Waals surface area contributed by atoms with Crippen molar-refractivity contribution in [2.45, 2.75) is 31.8 Å². The Balaban J connectivity index is 1.42. The van der Waals surface area contributed by atoms with Crippen molar-refractivity contribution >= 4 is 17.1 Å². The lowest BCUT2D eigenvalue weighted by Gasteiger charge is -2.26. The Kier molecular flexibility index (Phi) is 6.24. The second kappa shape index (κ2) is 9.62. The summed E-state index contributed by atoms with van der Waals surface area (Å²) in [5, 5.41) is 0. The van der Waals surface area contributed by atoms with Crippen LogP contribution in [-0.2, 0) is 22.7 Å². The van der Waals surface area contributed by atoms with Crippen LogP contribution in [0.15, 0.2) is 83.9 Å². The fourth-order valence-electron chi connectivity index (χ4n) is 4.63. The number of fused-ring (bicyclic) bond motifs is 1. The van der Waals surface area contributed by atoms with Crippen LogP contribution in [0.25, 0.3) is 11.2 Å². The highest BCUT2D eigenvalue weighted by molar-refractivity contribution is 5.71. The first-order chi connectivity index (χ1) is 16.6. The van der Waals surface area contributed by atoms with Crippen LogP contribution in [0.4, 0.5) is 5.95 Å². The largest absolute Gasteiger partial charge is 0.376 e. The van der Waals surface area contributed by atoms with E-state index in [2.05, 4.69) is 21.5 Å². The number of aromatic amines is 1. The standard InChI is InChI=1S/C26H27N5O3/c1-17-12-21(34-14-19-10-6-3-7-11-19)20(15-33-13-18-8-4-2-5-9-18)23(17)31-16-28-22-24(31)29-26(27)30-25(22)32/h2-11,16,20-21,23H,1,12-15H2,(H3,27,29,30,32)/t20-,21+,23+/m1/s1. The highest BCUT2D eigenvalue weighted by atomic mass is 16.5. The predicted molar refractivity (Wildman–Crippen MR) is 130 cm³/mol. The smallest absolute Gasteiger partial charge is 0.280 e. The Morgan fingerprint density at radius 1 is 1.06 bits per heavy atom. The highest BCUT2D eigenvalue weighted by Gasteiger charge is 2.41. The monoisotopic (exact) mass is 457 g/mol. The molecule has 8 nitrogen and oxygen atoms in total. The summed E-state index contributed by atoms with van der Waals surface area (Å²) in [4.78, 5) is 23.5. The quantitative estimate of drug-likeness (QED) is 0.391. The topological polar surface area (TPSA) is 108 Å². The van der Waals surface area contributed by atoms with Gasteiger partial charge in [-0.1, -0.05) is 72.8 Å². The van der Waals surface area contributed by atoms with Gasteiger partial charge in [-0.2, -0.15) is 4.98 Å². The normalized spacial score (nSPS) is 20.2. The van der Waals surface area contributed by atoms with Crippen molar-refractivity contribution in [1.82, 2.24) is 19.5 Å². The molecule has 3 N–H and O–H groups in total. The van der Waals surface area contributed by atoms with Crippen LogP contribution < -0.4 is 11.3 Å². The van der Waals surface area contributed by atoms with Gasteiger partial charge in [0.25, 0.3) is 5.56 Å². The molecule has 0 spiro atoms. The van der Waals surface area contributed by atoms with Crippen LogP contribution in [0.2, 0.25) is 0 Å². The molecule has 3 atom stereocenters. The molecule has 1 aliphatic rings. The van der Waals surface area contributed by atoms with E-state index < -0.39 is 0 Å². The Morgan fingerprint density at radius 3 is 2.44 bits per heavy atom. The average molecular weight is 458 g/mol. The molecule has 0 radical (unpaired) electrons. The van der Waals surface area contributed by atoms with E-state index in [0.717, 1.165) is 16.7 Å². The molecule has 1 fully saturated rings. The molecular formula is C26H27N5O3. The number of nitrogen functional groups attached to an aromatic ring is 1. The molecular weight excluding hydrogens is 430 g/mol. The van der Waals surface area contributed by atoms with Crippen LogP contribution in [0.3, 0.4) is 0 Å². The summed E-state index contributed by atoms with van der Waals surface area (Å²) in [6.45, 7) is 5.78. The first-order valence-corrected chi connectivity index (χ1v) is 11.3. The van der Waals surface area contributed by atoms with Gasteiger partial charge in [0.05, 0.1) is 38.3 Å². The molecule has 5 rings (SSSR count). The summed E-state index contributed by atoms with van der Waals surface area (Å²) in [5.74, 6) is 0.0104. The first-order valence-electron chi connectivity index (χ1n) is 11.3. The number of H-pyrrole nitrogens is 1. The van der Waals surface area contributed by atoms with Gasteiger partial charge in [-0.15, -0.1) is 0 Å². The van der Waals surface area contributed by atoms with Gasteiger partial charge in [-0.3, -0.25) is 9.78 Å². The number of rotatable bonds is 8. The highest BCUT2D eigenvalue weighted by Crippen LogP contribution is 2.42. The number of nitrogens with one attached hydrogen (secondary N) is 1. The lowest BCUT2D eigenvalue weighted by molar-refractivity contribution is -0.0273. The maximum absolute atomic E-state index is 12.3. The average Bonchev–Trinajstić information content (AvgIpc) is 3.39. The Morgan fingerprint density at radius 2 is 1.74 bits per heavy atom. The SMILES string of the molecule is C=C1C[C@H](OCc2ccccc2)[C@@H](COCc2ccccc2)[C@H]1n1cnc2c(=O)[nH]c(N)nc21. The number of benzene rings is 2. The number of nitrogens with zero attached hydrogens (tertiary/aromatic N) is 3.